The quantitative estimate of drug-likeness (QED) is 0.120. The van der Waals surface area contributed by atoms with Crippen LogP contribution in [0.2, 0.25) is 0 Å². The molecule has 13 heteroatoms. The maximum absolute atomic E-state index is 14.5. The van der Waals surface area contributed by atoms with E-state index in [1.165, 1.54) is 0 Å². The molecule has 0 spiro atoms. The van der Waals surface area contributed by atoms with Crippen LogP contribution in [-0.2, 0) is 34.9 Å². The molecule has 4 N–H and O–H groups in total. The highest BCUT2D eigenvalue weighted by atomic mass is 31.2. The molecule has 3 saturated carbocycles. The number of esters is 2. The number of pyridine rings is 1. The molecule has 0 radical (unpaired) electrons. The smallest absolute Gasteiger partial charge is 0.326 e. The minimum absolute atomic E-state index is 0.122. The zero-order chi connectivity index (χ0) is 31.5. The highest BCUT2D eigenvalue weighted by Gasteiger charge is 2.57. The molecule has 2 aromatic heterocycles. The standard InChI is InChI=1S/C30H49N6O6P/c1-7-8-9-10-13-40-26(37)28(3,4)34-43(39,35-29(5,6)27(38)41-18-30-14-22(15-30)16-30)20-42-21(2)17-36-19-33-24-23(31)11-12-32-25(24)36/h11-12,19,21-22H,7-10,13-18,20H2,1-6H3,(H2,31,32)(H2,34,35,39)/t21-,22?,30?,43?/m1/s1. The number of anilines is 1. The van der Waals surface area contributed by atoms with E-state index in [0.29, 0.717) is 30.0 Å². The maximum Gasteiger partial charge on any atom is 0.326 e. The average Bonchev–Trinajstić information content (AvgIpc) is 3.28. The molecular weight excluding hydrogens is 571 g/mol. The first-order valence-corrected chi connectivity index (χ1v) is 17.3. The summed E-state index contributed by atoms with van der Waals surface area (Å²) in [4.78, 5) is 34.9. The lowest BCUT2D eigenvalue weighted by molar-refractivity contribution is -0.178. The molecule has 1 unspecified atom stereocenters. The van der Waals surface area contributed by atoms with Gasteiger partial charge in [0.15, 0.2) is 5.65 Å². The average molecular weight is 621 g/mol. The van der Waals surface area contributed by atoms with Crippen molar-refractivity contribution in [3.8, 4) is 0 Å². The Balaban J connectivity index is 1.43. The number of aromatic nitrogens is 3. The Morgan fingerprint density at radius 2 is 1.74 bits per heavy atom. The Morgan fingerprint density at radius 1 is 1.09 bits per heavy atom. The van der Waals surface area contributed by atoms with Crippen molar-refractivity contribution in [3.63, 3.8) is 0 Å². The van der Waals surface area contributed by atoms with Crippen molar-refractivity contribution in [1.29, 1.82) is 0 Å². The number of rotatable bonds is 18. The third-order valence-corrected chi connectivity index (χ3v) is 10.7. The van der Waals surface area contributed by atoms with Gasteiger partial charge in [-0.3, -0.25) is 14.2 Å². The summed E-state index contributed by atoms with van der Waals surface area (Å²) in [5, 5.41) is 5.97. The molecule has 2 bridgehead atoms. The van der Waals surface area contributed by atoms with Gasteiger partial charge in [-0.1, -0.05) is 26.2 Å². The number of imidazole rings is 1. The van der Waals surface area contributed by atoms with Gasteiger partial charge in [-0.2, -0.15) is 0 Å². The van der Waals surface area contributed by atoms with Crippen molar-refractivity contribution in [3.05, 3.63) is 18.6 Å². The third kappa shape index (κ3) is 8.15. The molecular formula is C30H49N6O6P. The van der Waals surface area contributed by atoms with Crippen molar-refractivity contribution in [1.82, 2.24) is 24.7 Å². The molecule has 3 aliphatic carbocycles. The van der Waals surface area contributed by atoms with Gasteiger partial charge in [0.25, 0.3) is 0 Å². The van der Waals surface area contributed by atoms with Gasteiger partial charge < -0.3 is 24.5 Å². The molecule has 2 atom stereocenters. The van der Waals surface area contributed by atoms with Crippen LogP contribution in [0.15, 0.2) is 18.6 Å². The minimum atomic E-state index is -3.75. The molecule has 5 rings (SSSR count). The fourth-order valence-corrected chi connectivity index (χ4v) is 8.51. The Labute approximate surface area is 254 Å². The predicted molar refractivity (Wildman–Crippen MR) is 165 cm³/mol. The third-order valence-electron chi connectivity index (χ3n) is 8.38. The Bertz CT molecular complexity index is 1330. The van der Waals surface area contributed by atoms with E-state index >= 15 is 0 Å². The topological polar surface area (TPSA) is 160 Å². The number of nitrogens with zero attached hydrogens (tertiary/aromatic N) is 3. The van der Waals surface area contributed by atoms with Crippen LogP contribution in [0.1, 0.15) is 86.5 Å². The van der Waals surface area contributed by atoms with Crippen LogP contribution in [-0.4, -0.2) is 63.2 Å². The van der Waals surface area contributed by atoms with Crippen molar-refractivity contribution in [2.45, 2.75) is 110 Å². The summed E-state index contributed by atoms with van der Waals surface area (Å²) in [6.07, 6.45) is 9.70. The van der Waals surface area contributed by atoms with Gasteiger partial charge >= 0.3 is 11.9 Å². The molecule has 3 aliphatic rings. The van der Waals surface area contributed by atoms with E-state index in [9.17, 15) is 14.2 Å². The molecule has 12 nitrogen and oxygen atoms in total. The van der Waals surface area contributed by atoms with Crippen molar-refractivity contribution >= 4 is 36.2 Å². The number of nitrogens with two attached hydrogens (primary N) is 1. The summed E-state index contributed by atoms with van der Waals surface area (Å²) in [6, 6.07) is 1.69. The summed E-state index contributed by atoms with van der Waals surface area (Å²) >= 11 is 0. The zero-order valence-electron chi connectivity index (χ0n) is 26.5. The van der Waals surface area contributed by atoms with E-state index in [1.807, 2.05) is 11.5 Å². The van der Waals surface area contributed by atoms with E-state index in [0.717, 1.165) is 50.9 Å². The zero-order valence-corrected chi connectivity index (χ0v) is 27.4. The molecule has 240 valence electrons. The summed E-state index contributed by atoms with van der Waals surface area (Å²) in [5.74, 6) is -0.260. The van der Waals surface area contributed by atoms with E-state index in [4.69, 9.17) is 19.9 Å². The van der Waals surface area contributed by atoms with Crippen LogP contribution in [0.25, 0.3) is 11.2 Å². The largest absolute Gasteiger partial charge is 0.464 e. The molecule has 0 aromatic carbocycles. The summed E-state index contributed by atoms with van der Waals surface area (Å²) in [6.45, 7) is 11.4. The molecule has 3 fully saturated rings. The number of fused-ring (bicyclic) bond motifs is 1. The first-order valence-electron chi connectivity index (χ1n) is 15.4. The van der Waals surface area contributed by atoms with Gasteiger partial charge in [0, 0.05) is 11.6 Å². The SMILES string of the molecule is CCCCCCOC(=O)C(C)(C)NP(=O)(CO[C@H](C)Cn1cnc2c(N)ccnc21)NC(C)(C)C(=O)OCC12CC(C1)C2. The molecule has 0 saturated heterocycles. The lowest BCUT2D eigenvalue weighted by Gasteiger charge is -2.61. The molecule has 2 aromatic rings. The number of nitrogen functional groups attached to an aromatic ring is 1. The molecule has 0 amide bonds. The van der Waals surface area contributed by atoms with Crippen LogP contribution in [0.3, 0.4) is 0 Å². The number of ether oxygens (including phenoxy) is 3. The fourth-order valence-electron chi connectivity index (χ4n) is 5.87. The number of nitrogens with one attached hydrogen (secondary N) is 2. The minimum Gasteiger partial charge on any atom is -0.464 e. The van der Waals surface area contributed by atoms with Crippen molar-refractivity contribution < 1.29 is 28.4 Å². The van der Waals surface area contributed by atoms with E-state index in [2.05, 4.69) is 27.1 Å². The lowest BCUT2D eigenvalue weighted by Crippen LogP contribution is -2.57. The second-order valence-electron chi connectivity index (χ2n) is 13.5. The van der Waals surface area contributed by atoms with Gasteiger partial charge in [-0.15, -0.1) is 0 Å². The number of hydrogen-bond donors (Lipinski definition) is 3. The van der Waals surface area contributed by atoms with E-state index in [1.54, 1.807) is 46.3 Å². The van der Waals surface area contributed by atoms with Gasteiger partial charge in [-0.25, -0.2) is 20.1 Å². The lowest BCUT2D eigenvalue weighted by atomic mass is 9.45. The molecule has 43 heavy (non-hydrogen) atoms. The van der Waals surface area contributed by atoms with E-state index in [-0.39, 0.29) is 18.4 Å². The number of carbonyl (C=O) groups is 2. The van der Waals surface area contributed by atoms with Gasteiger partial charge in [0.05, 0.1) is 37.9 Å². The van der Waals surface area contributed by atoms with Crippen LogP contribution < -0.4 is 15.9 Å². The maximum atomic E-state index is 14.5. The van der Waals surface area contributed by atoms with E-state index < -0.39 is 36.6 Å². The molecule has 2 heterocycles. The number of hydrogen-bond acceptors (Lipinski definition) is 9. The number of unbranched alkanes of at least 4 members (excludes halogenated alkanes) is 3. The summed E-state index contributed by atoms with van der Waals surface area (Å²) < 4.78 is 33.6. The highest BCUT2D eigenvalue weighted by Crippen LogP contribution is 2.64. The van der Waals surface area contributed by atoms with Crippen LogP contribution >= 0.6 is 7.44 Å². The van der Waals surface area contributed by atoms with Crippen LogP contribution in [0.5, 0.6) is 0 Å². The predicted octanol–water partition coefficient (Wildman–Crippen LogP) is 4.77. The van der Waals surface area contributed by atoms with Gasteiger partial charge in [0.2, 0.25) is 7.44 Å². The summed E-state index contributed by atoms with van der Waals surface area (Å²) in [7, 11) is -3.75. The van der Waals surface area contributed by atoms with Crippen molar-refractivity contribution in [2.75, 3.05) is 25.3 Å². The molecule has 0 aliphatic heterocycles. The Kier molecular flexibility index (Phi) is 10.3. The first kappa shape index (κ1) is 33.4. The second kappa shape index (κ2) is 13.2. The first-order chi connectivity index (χ1) is 20.2. The second-order valence-corrected chi connectivity index (χ2v) is 15.7. The fraction of sp³-hybridized carbons (Fsp3) is 0.733. The Hall–Kier alpha value is -2.53. The normalized spacial score (nSPS) is 21.9. The highest BCUT2D eigenvalue weighted by molar-refractivity contribution is 7.59. The van der Waals surface area contributed by atoms with Gasteiger partial charge in [-0.05, 0) is 72.3 Å². The van der Waals surface area contributed by atoms with Crippen LogP contribution in [0, 0.1) is 11.3 Å². The summed E-state index contributed by atoms with van der Waals surface area (Å²) in [5.41, 5.74) is 5.23. The van der Waals surface area contributed by atoms with Crippen LogP contribution in [0.4, 0.5) is 5.69 Å². The number of carbonyl (C=O) groups excluding carboxylic acids is 2. The monoisotopic (exact) mass is 620 g/mol. The van der Waals surface area contributed by atoms with Crippen molar-refractivity contribution in [2.24, 2.45) is 11.3 Å². The van der Waals surface area contributed by atoms with Gasteiger partial charge in [0.1, 0.15) is 22.9 Å². The Morgan fingerprint density at radius 3 is 2.35 bits per heavy atom.